The highest BCUT2D eigenvalue weighted by atomic mass is 16.5. The first-order valence-electron chi connectivity index (χ1n) is 14.0. The maximum absolute atomic E-state index is 6.23. The van der Waals surface area contributed by atoms with Crippen LogP contribution in [0.4, 0.5) is 23.3 Å². The summed E-state index contributed by atoms with van der Waals surface area (Å²) in [5.74, 6) is 3.27. The van der Waals surface area contributed by atoms with E-state index in [0.29, 0.717) is 19.0 Å². The number of piperazine rings is 1. The average molecular weight is 532 g/mol. The quantitative estimate of drug-likeness (QED) is 0.540. The van der Waals surface area contributed by atoms with Crippen molar-refractivity contribution in [3.63, 3.8) is 0 Å². The van der Waals surface area contributed by atoms with Crippen molar-refractivity contribution in [2.45, 2.75) is 33.6 Å². The Balaban J connectivity index is 1.53. The van der Waals surface area contributed by atoms with Gasteiger partial charge in [-0.1, -0.05) is 13.0 Å². The molecule has 0 radical (unpaired) electrons. The second-order valence-electron chi connectivity index (χ2n) is 10.4. The highest BCUT2D eigenvalue weighted by molar-refractivity contribution is 6.10. The molecule has 10 heteroatoms. The molecule has 208 valence electrons. The van der Waals surface area contributed by atoms with Crippen molar-refractivity contribution in [3.8, 4) is 0 Å². The summed E-state index contributed by atoms with van der Waals surface area (Å²) in [6, 6.07) is 4.29. The molecule has 0 atom stereocenters. The third-order valence-corrected chi connectivity index (χ3v) is 7.87. The summed E-state index contributed by atoms with van der Waals surface area (Å²) in [5, 5.41) is 0. The molecule has 39 heavy (non-hydrogen) atoms. The van der Waals surface area contributed by atoms with Crippen molar-refractivity contribution in [1.82, 2.24) is 19.9 Å². The van der Waals surface area contributed by atoms with Gasteiger partial charge in [0.1, 0.15) is 17.5 Å². The van der Waals surface area contributed by atoms with Crippen LogP contribution >= 0.6 is 0 Å². The predicted octanol–water partition coefficient (Wildman–Crippen LogP) is 3.23. The number of anilines is 4. The monoisotopic (exact) mass is 531 g/mol. The van der Waals surface area contributed by atoms with Gasteiger partial charge >= 0.3 is 0 Å². The number of aliphatic imine (C=N–C) groups is 1. The van der Waals surface area contributed by atoms with E-state index in [4.69, 9.17) is 25.4 Å². The van der Waals surface area contributed by atoms with E-state index in [9.17, 15) is 0 Å². The van der Waals surface area contributed by atoms with Crippen molar-refractivity contribution < 1.29 is 4.74 Å². The zero-order valence-electron chi connectivity index (χ0n) is 23.7. The van der Waals surface area contributed by atoms with Gasteiger partial charge in [-0.25, -0.2) is 15.0 Å². The van der Waals surface area contributed by atoms with Gasteiger partial charge in [-0.15, -0.1) is 0 Å². The maximum atomic E-state index is 6.23. The molecule has 5 rings (SSSR count). The summed E-state index contributed by atoms with van der Waals surface area (Å²) in [6.45, 7) is 13.9. The molecule has 0 unspecified atom stereocenters. The molecule has 0 bridgehead atoms. The zero-order chi connectivity index (χ0) is 27.4. The first-order chi connectivity index (χ1) is 19.0. The number of likely N-dealkylation sites (N-methyl/N-ethyl adjacent to an activating group) is 1. The summed E-state index contributed by atoms with van der Waals surface area (Å²) in [4.78, 5) is 28.8. The van der Waals surface area contributed by atoms with Crippen LogP contribution in [0.5, 0.6) is 0 Å². The van der Waals surface area contributed by atoms with Crippen molar-refractivity contribution in [2.75, 3.05) is 80.8 Å². The number of pyridine rings is 1. The lowest BCUT2D eigenvalue weighted by molar-refractivity contribution is 0.122. The van der Waals surface area contributed by atoms with Gasteiger partial charge in [-0.05, 0) is 45.4 Å². The Bertz CT molecular complexity index is 1260. The SMILES string of the molecule is C\C=C(/C=N\C(N)=C(/C)CC)c1nc(N2CCOCC2)nc2c1CCN2c1ccnc(N2CCN(C)CC2)c1. The third kappa shape index (κ3) is 5.91. The van der Waals surface area contributed by atoms with Crippen LogP contribution in [0, 0.1) is 0 Å². The van der Waals surface area contributed by atoms with Crippen LogP contribution in [-0.4, -0.2) is 92.1 Å². The van der Waals surface area contributed by atoms with Gasteiger partial charge in [0.05, 0.1) is 18.9 Å². The summed E-state index contributed by atoms with van der Waals surface area (Å²) in [6.07, 6.45) is 7.55. The van der Waals surface area contributed by atoms with Crippen LogP contribution in [0.2, 0.25) is 0 Å². The minimum atomic E-state index is 0.561. The molecule has 0 aliphatic carbocycles. The van der Waals surface area contributed by atoms with E-state index in [-0.39, 0.29) is 0 Å². The van der Waals surface area contributed by atoms with Gasteiger partial charge in [0.2, 0.25) is 5.95 Å². The second kappa shape index (κ2) is 12.1. The van der Waals surface area contributed by atoms with E-state index in [1.165, 1.54) is 0 Å². The highest BCUT2D eigenvalue weighted by Crippen LogP contribution is 2.38. The molecule has 0 spiro atoms. The molecular formula is C29H41N9O. The first-order valence-corrected chi connectivity index (χ1v) is 14.0. The number of nitrogens with two attached hydrogens (primary N) is 1. The van der Waals surface area contributed by atoms with E-state index in [0.717, 1.165) is 104 Å². The van der Waals surface area contributed by atoms with Crippen LogP contribution in [0.15, 0.2) is 40.8 Å². The molecule has 0 saturated carbocycles. The van der Waals surface area contributed by atoms with Crippen LogP contribution < -0.4 is 20.4 Å². The summed E-state index contributed by atoms with van der Waals surface area (Å²) in [5.41, 5.74) is 11.4. The standard InChI is InChI=1S/C29H41N9O/c1-5-21(3)27(30)32-20-22(6-2)26-24-8-10-38(28(24)34-29(33-26)37-15-17-39-18-16-37)23-7-9-31-25(19-23)36-13-11-35(4)12-14-36/h6-7,9,19-20H,5,8,10-18,30H2,1-4H3/b22-6+,27-21+,32-20-. The van der Waals surface area contributed by atoms with Gasteiger partial charge in [0.15, 0.2) is 0 Å². The van der Waals surface area contributed by atoms with Gasteiger partial charge in [-0.3, -0.25) is 0 Å². The Morgan fingerprint density at radius 1 is 1.08 bits per heavy atom. The minimum absolute atomic E-state index is 0.561. The van der Waals surface area contributed by atoms with Gasteiger partial charge in [0, 0.05) is 81.1 Å². The number of ether oxygens (including phenoxy) is 1. The lowest BCUT2D eigenvalue weighted by Gasteiger charge is -2.33. The van der Waals surface area contributed by atoms with E-state index in [1.807, 2.05) is 26.3 Å². The lowest BCUT2D eigenvalue weighted by Crippen LogP contribution is -2.44. The average Bonchev–Trinajstić information content (AvgIpc) is 3.42. The number of nitrogens with zero attached hydrogens (tertiary/aromatic N) is 8. The van der Waals surface area contributed by atoms with Crippen LogP contribution in [-0.2, 0) is 11.2 Å². The molecule has 10 nitrogen and oxygen atoms in total. The molecule has 0 aromatic carbocycles. The van der Waals surface area contributed by atoms with Crippen LogP contribution in [0.1, 0.15) is 38.4 Å². The molecule has 2 saturated heterocycles. The molecule has 5 heterocycles. The summed E-state index contributed by atoms with van der Waals surface area (Å²) in [7, 11) is 2.17. The Morgan fingerprint density at radius 3 is 2.56 bits per heavy atom. The number of morpholine rings is 1. The largest absolute Gasteiger partial charge is 0.384 e. The van der Waals surface area contributed by atoms with E-state index >= 15 is 0 Å². The third-order valence-electron chi connectivity index (χ3n) is 7.87. The second-order valence-corrected chi connectivity index (χ2v) is 10.4. The van der Waals surface area contributed by atoms with Gasteiger partial charge in [0.25, 0.3) is 0 Å². The number of aromatic nitrogens is 3. The molecular weight excluding hydrogens is 490 g/mol. The summed E-state index contributed by atoms with van der Waals surface area (Å²) < 4.78 is 5.60. The highest BCUT2D eigenvalue weighted by Gasteiger charge is 2.30. The minimum Gasteiger partial charge on any atom is -0.384 e. The Hall–Kier alpha value is -3.50. The van der Waals surface area contributed by atoms with Crippen molar-refractivity contribution in [2.24, 2.45) is 10.7 Å². The Labute approximate surface area is 231 Å². The normalized spacial score (nSPS) is 19.6. The maximum Gasteiger partial charge on any atom is 0.228 e. The van der Waals surface area contributed by atoms with Crippen LogP contribution in [0.25, 0.3) is 5.57 Å². The first kappa shape index (κ1) is 27.1. The molecule has 2 fully saturated rings. The van der Waals surface area contributed by atoms with Crippen molar-refractivity contribution in [1.29, 1.82) is 0 Å². The van der Waals surface area contributed by atoms with Crippen molar-refractivity contribution >= 4 is 35.1 Å². The number of fused-ring (bicyclic) bond motifs is 1. The van der Waals surface area contributed by atoms with E-state index in [2.05, 4.69) is 56.8 Å². The number of hydrogen-bond donors (Lipinski definition) is 1. The molecule has 2 aromatic heterocycles. The molecule has 3 aliphatic rings. The number of rotatable bonds is 7. The fraction of sp³-hybridized carbons (Fsp3) is 0.517. The molecule has 2 aromatic rings. The Morgan fingerprint density at radius 2 is 1.85 bits per heavy atom. The van der Waals surface area contributed by atoms with E-state index < -0.39 is 0 Å². The predicted molar refractivity (Wildman–Crippen MR) is 159 cm³/mol. The smallest absolute Gasteiger partial charge is 0.228 e. The number of hydrogen-bond acceptors (Lipinski definition) is 10. The fourth-order valence-corrected chi connectivity index (χ4v) is 5.13. The Kier molecular flexibility index (Phi) is 8.42. The van der Waals surface area contributed by atoms with E-state index in [1.54, 1.807) is 0 Å². The summed E-state index contributed by atoms with van der Waals surface area (Å²) >= 11 is 0. The topological polar surface area (TPSA) is 99.2 Å². The van der Waals surface area contributed by atoms with Gasteiger partial charge < -0.3 is 30.1 Å². The van der Waals surface area contributed by atoms with Gasteiger partial charge in [-0.2, -0.15) is 4.98 Å². The van der Waals surface area contributed by atoms with Crippen LogP contribution in [0.3, 0.4) is 0 Å². The molecule has 2 N–H and O–H groups in total. The van der Waals surface area contributed by atoms with Crippen molar-refractivity contribution in [3.05, 3.63) is 47.1 Å². The zero-order valence-corrected chi connectivity index (χ0v) is 23.7. The lowest BCUT2D eigenvalue weighted by atomic mass is 10.1. The molecule has 0 amide bonds. The fourth-order valence-electron chi connectivity index (χ4n) is 5.13. The molecule has 3 aliphatic heterocycles. The number of allylic oxidation sites excluding steroid dienone is 3.